The molecule has 11 heteroatoms. The molecule has 4 N–H and O–H groups in total. The molecule has 2 aliphatic heterocycles. The molecule has 4 heterocycles. The van der Waals surface area contributed by atoms with E-state index in [1.54, 1.807) is 24.4 Å². The number of hydrogen-bond donors (Lipinski definition) is 4. The molecule has 0 bridgehead atoms. The van der Waals surface area contributed by atoms with Crippen LogP contribution in [0.25, 0.3) is 11.4 Å². The van der Waals surface area contributed by atoms with Gasteiger partial charge in [-0.05, 0) is 31.0 Å². The number of anilines is 2. The summed E-state index contributed by atoms with van der Waals surface area (Å²) in [6.07, 6.45) is 3.30. The third-order valence-corrected chi connectivity index (χ3v) is 6.90. The lowest BCUT2D eigenvalue weighted by Crippen LogP contribution is -2.53. The molecule has 1 spiro atoms. The zero-order valence-electron chi connectivity index (χ0n) is 18.4. The molecular formula is C23H23ClN6O4. The van der Waals surface area contributed by atoms with Gasteiger partial charge in [0, 0.05) is 36.9 Å². The first-order valence-electron chi connectivity index (χ1n) is 10.8. The van der Waals surface area contributed by atoms with Crippen LogP contribution in [-0.4, -0.2) is 63.7 Å². The average molecular weight is 483 g/mol. The van der Waals surface area contributed by atoms with Gasteiger partial charge in [0.2, 0.25) is 0 Å². The van der Waals surface area contributed by atoms with Crippen LogP contribution < -0.4 is 15.4 Å². The van der Waals surface area contributed by atoms with Gasteiger partial charge in [0.05, 0.1) is 40.5 Å². The Balaban J connectivity index is 1.66. The van der Waals surface area contributed by atoms with E-state index < -0.39 is 11.5 Å². The number of carboxylic acid groups (broad SMARTS) is 1. The van der Waals surface area contributed by atoms with Crippen LogP contribution in [0.5, 0.6) is 5.75 Å². The average Bonchev–Trinajstić information content (AvgIpc) is 3.23. The number of aromatic nitrogens is 3. The Morgan fingerprint density at radius 1 is 1.29 bits per heavy atom. The summed E-state index contributed by atoms with van der Waals surface area (Å²) in [6, 6.07) is 7.09. The zero-order valence-corrected chi connectivity index (χ0v) is 19.1. The number of para-hydroxylation sites is 1. The Kier molecular flexibility index (Phi) is 5.52. The number of halogens is 1. The number of carbonyl (C=O) groups is 2. The highest BCUT2D eigenvalue weighted by molar-refractivity contribution is 6.32. The molecule has 0 aliphatic carbocycles. The van der Waals surface area contributed by atoms with Crippen LogP contribution in [0.15, 0.2) is 36.8 Å². The number of amides is 2. The van der Waals surface area contributed by atoms with Crippen LogP contribution in [0.2, 0.25) is 5.02 Å². The minimum absolute atomic E-state index is 0.221. The SMILES string of the molecule is COc1c(Cl)cccc1Nc1c(-c2ccncn2)[nH]c2c1C(=O)NCC21CCN(C(=O)O)CC1. The van der Waals surface area contributed by atoms with E-state index in [0.717, 1.165) is 5.69 Å². The van der Waals surface area contributed by atoms with Gasteiger partial charge in [0.1, 0.15) is 6.33 Å². The van der Waals surface area contributed by atoms with Gasteiger partial charge in [-0.25, -0.2) is 14.8 Å². The third kappa shape index (κ3) is 3.60. The molecule has 0 unspecified atom stereocenters. The van der Waals surface area contributed by atoms with E-state index in [9.17, 15) is 14.7 Å². The van der Waals surface area contributed by atoms with Crippen LogP contribution in [0, 0.1) is 0 Å². The fourth-order valence-electron chi connectivity index (χ4n) is 4.81. The minimum atomic E-state index is -0.932. The number of nitrogens with one attached hydrogen (secondary N) is 3. The Bertz CT molecular complexity index is 1250. The summed E-state index contributed by atoms with van der Waals surface area (Å²) in [5.74, 6) is 0.231. The molecule has 1 fully saturated rings. The first-order chi connectivity index (χ1) is 16.4. The number of H-pyrrole nitrogens is 1. The van der Waals surface area contributed by atoms with E-state index in [4.69, 9.17) is 16.3 Å². The Morgan fingerprint density at radius 3 is 2.76 bits per heavy atom. The molecule has 1 aromatic carbocycles. The van der Waals surface area contributed by atoms with Crippen molar-refractivity contribution in [3.05, 3.63) is 53.1 Å². The maximum Gasteiger partial charge on any atom is 0.407 e. The number of piperidine rings is 1. The van der Waals surface area contributed by atoms with E-state index in [-0.39, 0.29) is 5.91 Å². The maximum atomic E-state index is 13.2. The number of carbonyl (C=O) groups excluding carboxylic acids is 1. The molecule has 0 atom stereocenters. The second kappa shape index (κ2) is 8.53. The summed E-state index contributed by atoms with van der Waals surface area (Å²) in [5.41, 5.74) is 3.22. The smallest absolute Gasteiger partial charge is 0.407 e. The van der Waals surface area contributed by atoms with E-state index in [2.05, 4.69) is 25.6 Å². The summed E-state index contributed by atoms with van der Waals surface area (Å²) in [7, 11) is 1.53. The fraction of sp³-hybridized carbons (Fsp3) is 0.304. The standard InChI is InChI=1S/C23H23ClN6O4/c1-34-19-13(24)3-2-4-15(19)28-18-16-20(29-17(18)14-5-8-25-12-27-14)23(11-26-21(16)31)6-9-30(10-7-23)22(32)33/h2-5,8,12,28-29H,6-7,9-11H2,1H3,(H,26,31)(H,32,33). The van der Waals surface area contributed by atoms with Crippen LogP contribution in [-0.2, 0) is 5.41 Å². The van der Waals surface area contributed by atoms with Gasteiger partial charge in [-0.3, -0.25) is 4.79 Å². The Labute approximate surface area is 200 Å². The molecule has 5 rings (SSSR count). The summed E-state index contributed by atoms with van der Waals surface area (Å²) >= 11 is 6.33. The Hall–Kier alpha value is -3.79. The second-order valence-corrected chi connectivity index (χ2v) is 8.81. The lowest BCUT2D eigenvalue weighted by molar-refractivity contribution is 0.0865. The van der Waals surface area contributed by atoms with Crippen molar-refractivity contribution in [3.8, 4) is 17.1 Å². The van der Waals surface area contributed by atoms with Crippen molar-refractivity contribution in [2.75, 3.05) is 32.1 Å². The van der Waals surface area contributed by atoms with Crippen molar-refractivity contribution >= 4 is 35.0 Å². The highest BCUT2D eigenvalue weighted by Crippen LogP contribution is 2.46. The molecule has 10 nitrogen and oxygen atoms in total. The van der Waals surface area contributed by atoms with Gasteiger partial charge in [-0.15, -0.1) is 0 Å². The predicted molar refractivity (Wildman–Crippen MR) is 126 cm³/mol. The van der Waals surface area contributed by atoms with Crippen LogP contribution in [0.1, 0.15) is 28.9 Å². The highest BCUT2D eigenvalue weighted by atomic mass is 35.5. The van der Waals surface area contributed by atoms with Crippen molar-refractivity contribution in [1.82, 2.24) is 25.2 Å². The maximum absolute atomic E-state index is 13.2. The van der Waals surface area contributed by atoms with E-state index in [1.165, 1.54) is 18.3 Å². The van der Waals surface area contributed by atoms with E-state index >= 15 is 0 Å². The van der Waals surface area contributed by atoms with Crippen LogP contribution in [0.4, 0.5) is 16.2 Å². The van der Waals surface area contributed by atoms with Gasteiger partial charge in [0.15, 0.2) is 5.75 Å². The first kappa shape index (κ1) is 22.0. The van der Waals surface area contributed by atoms with Crippen molar-refractivity contribution in [2.45, 2.75) is 18.3 Å². The van der Waals surface area contributed by atoms with Crippen molar-refractivity contribution in [1.29, 1.82) is 0 Å². The number of fused-ring (bicyclic) bond motifs is 2. The number of benzene rings is 1. The number of methoxy groups -OCH3 is 1. The molecule has 2 amide bonds. The highest BCUT2D eigenvalue weighted by Gasteiger charge is 2.46. The normalized spacial score (nSPS) is 16.6. The van der Waals surface area contributed by atoms with E-state index in [0.29, 0.717) is 71.6 Å². The van der Waals surface area contributed by atoms with Crippen molar-refractivity contribution < 1.29 is 19.4 Å². The minimum Gasteiger partial charge on any atom is -0.493 e. The van der Waals surface area contributed by atoms with Crippen molar-refractivity contribution in [2.24, 2.45) is 0 Å². The summed E-state index contributed by atoms with van der Waals surface area (Å²) in [4.78, 5) is 37.9. The number of likely N-dealkylation sites (tertiary alicyclic amines) is 1. The number of nitrogens with zero attached hydrogens (tertiary/aromatic N) is 3. The molecule has 176 valence electrons. The molecular weight excluding hydrogens is 460 g/mol. The summed E-state index contributed by atoms with van der Waals surface area (Å²) < 4.78 is 5.49. The number of hydrogen-bond acceptors (Lipinski definition) is 6. The predicted octanol–water partition coefficient (Wildman–Crippen LogP) is 3.63. The molecule has 0 radical (unpaired) electrons. The molecule has 1 saturated heterocycles. The zero-order chi connectivity index (χ0) is 23.9. The van der Waals surface area contributed by atoms with Gasteiger partial charge in [0.25, 0.3) is 5.91 Å². The molecule has 0 saturated carbocycles. The van der Waals surface area contributed by atoms with Crippen LogP contribution in [0.3, 0.4) is 0 Å². The van der Waals surface area contributed by atoms with Gasteiger partial charge in [-0.1, -0.05) is 17.7 Å². The number of ether oxygens (including phenoxy) is 1. The first-order valence-corrected chi connectivity index (χ1v) is 11.2. The van der Waals surface area contributed by atoms with E-state index in [1.807, 2.05) is 6.07 Å². The van der Waals surface area contributed by atoms with Gasteiger partial charge >= 0.3 is 6.09 Å². The van der Waals surface area contributed by atoms with Gasteiger partial charge in [-0.2, -0.15) is 0 Å². The lowest BCUT2D eigenvalue weighted by Gasteiger charge is -2.43. The summed E-state index contributed by atoms with van der Waals surface area (Å²) in [6.45, 7) is 1.20. The topological polar surface area (TPSA) is 132 Å². The number of rotatable bonds is 4. The monoisotopic (exact) mass is 482 g/mol. The quantitative estimate of drug-likeness (QED) is 0.446. The fourth-order valence-corrected chi connectivity index (χ4v) is 5.06. The molecule has 3 aromatic rings. The number of aromatic amines is 1. The molecule has 2 aliphatic rings. The second-order valence-electron chi connectivity index (χ2n) is 8.40. The molecule has 2 aromatic heterocycles. The Morgan fingerprint density at radius 2 is 2.09 bits per heavy atom. The van der Waals surface area contributed by atoms with Gasteiger partial charge < -0.3 is 30.4 Å². The third-order valence-electron chi connectivity index (χ3n) is 6.60. The van der Waals surface area contributed by atoms with Crippen LogP contribution >= 0.6 is 11.6 Å². The molecule has 34 heavy (non-hydrogen) atoms. The van der Waals surface area contributed by atoms with Crippen molar-refractivity contribution in [3.63, 3.8) is 0 Å². The largest absolute Gasteiger partial charge is 0.493 e. The lowest BCUT2D eigenvalue weighted by atomic mass is 9.72. The summed E-state index contributed by atoms with van der Waals surface area (Å²) in [5, 5.41) is 16.2.